The van der Waals surface area contributed by atoms with Crippen LogP contribution >= 0.6 is 0 Å². The van der Waals surface area contributed by atoms with Crippen molar-refractivity contribution in [2.75, 3.05) is 24.6 Å². The Hall–Kier alpha value is -1.42. The van der Waals surface area contributed by atoms with E-state index in [2.05, 4.69) is 16.8 Å². The van der Waals surface area contributed by atoms with Gasteiger partial charge in [0.1, 0.15) is 5.82 Å². The molecule has 1 aromatic heterocycles. The number of Topliss-reactive ketones (excluding diaryl/α,β-unsaturated/α-hetero) is 1. The van der Waals surface area contributed by atoms with Crippen molar-refractivity contribution in [3.8, 4) is 0 Å². The summed E-state index contributed by atoms with van der Waals surface area (Å²) in [6, 6.07) is 3.75. The number of pyridine rings is 1. The molecule has 0 N–H and O–H groups in total. The second kappa shape index (κ2) is 5.27. The minimum atomic E-state index is 0.0524. The molecule has 1 aliphatic heterocycles. The largest absolute Gasteiger partial charge is 0.377 e. The van der Waals surface area contributed by atoms with E-state index in [0.29, 0.717) is 5.56 Å². The van der Waals surface area contributed by atoms with E-state index < -0.39 is 0 Å². The van der Waals surface area contributed by atoms with Crippen LogP contribution in [0.1, 0.15) is 30.6 Å². The molecule has 0 amide bonds. The van der Waals surface area contributed by atoms with E-state index in [4.69, 9.17) is 4.74 Å². The molecule has 0 saturated carbocycles. The number of aromatic nitrogens is 1. The van der Waals surface area contributed by atoms with Gasteiger partial charge >= 0.3 is 0 Å². The zero-order chi connectivity index (χ0) is 12.3. The molecule has 1 saturated heterocycles. The molecule has 1 unspecified atom stereocenters. The van der Waals surface area contributed by atoms with Crippen molar-refractivity contribution >= 4 is 11.6 Å². The Morgan fingerprint density at radius 3 is 3.00 bits per heavy atom. The van der Waals surface area contributed by atoms with Crippen LogP contribution in [-0.2, 0) is 4.74 Å². The van der Waals surface area contributed by atoms with Gasteiger partial charge in [-0.15, -0.1) is 0 Å². The molecule has 4 heteroatoms. The Bertz CT molecular complexity index is 389. The molecule has 1 atom stereocenters. The maximum atomic E-state index is 11.2. The highest BCUT2D eigenvalue weighted by molar-refractivity contribution is 5.93. The van der Waals surface area contributed by atoms with Crippen molar-refractivity contribution in [3.05, 3.63) is 23.9 Å². The highest BCUT2D eigenvalue weighted by Gasteiger charge is 2.16. The second-order valence-electron chi connectivity index (χ2n) is 4.44. The maximum Gasteiger partial charge on any atom is 0.161 e. The van der Waals surface area contributed by atoms with Gasteiger partial charge in [0, 0.05) is 31.5 Å². The molecule has 2 rings (SSSR count). The molecule has 1 fully saturated rings. The van der Waals surface area contributed by atoms with Gasteiger partial charge in [0.2, 0.25) is 0 Å². The van der Waals surface area contributed by atoms with Gasteiger partial charge in [0.05, 0.1) is 6.10 Å². The number of anilines is 1. The zero-order valence-electron chi connectivity index (χ0n) is 10.3. The highest BCUT2D eigenvalue weighted by Crippen LogP contribution is 2.15. The fourth-order valence-electron chi connectivity index (χ4n) is 1.98. The predicted molar refractivity (Wildman–Crippen MR) is 66.5 cm³/mol. The fourth-order valence-corrected chi connectivity index (χ4v) is 1.98. The monoisotopic (exact) mass is 234 g/mol. The van der Waals surface area contributed by atoms with Crippen molar-refractivity contribution in [2.45, 2.75) is 26.4 Å². The molecular weight excluding hydrogens is 216 g/mol. The van der Waals surface area contributed by atoms with Crippen molar-refractivity contribution in [2.24, 2.45) is 0 Å². The van der Waals surface area contributed by atoms with Crippen LogP contribution in [0.25, 0.3) is 0 Å². The topological polar surface area (TPSA) is 42.4 Å². The first-order valence-electron chi connectivity index (χ1n) is 6.00. The minimum absolute atomic E-state index is 0.0524. The number of rotatable bonds is 2. The fraction of sp³-hybridized carbons (Fsp3) is 0.538. The summed E-state index contributed by atoms with van der Waals surface area (Å²) in [7, 11) is 0. The molecule has 0 radical (unpaired) electrons. The van der Waals surface area contributed by atoms with E-state index in [9.17, 15) is 4.79 Å². The van der Waals surface area contributed by atoms with Crippen LogP contribution in [-0.4, -0.2) is 36.6 Å². The summed E-state index contributed by atoms with van der Waals surface area (Å²) < 4.78 is 5.59. The van der Waals surface area contributed by atoms with Crippen molar-refractivity contribution in [1.82, 2.24) is 4.98 Å². The molecule has 4 nitrogen and oxygen atoms in total. The Balaban J connectivity index is 2.12. The Morgan fingerprint density at radius 2 is 2.35 bits per heavy atom. The standard InChI is InChI=1S/C13H18N2O2/c1-10-9-15(6-3-7-17-10)13-5-4-12(8-14-13)11(2)16/h4-5,8,10H,3,6-7,9H2,1-2H3. The molecule has 0 bridgehead atoms. The zero-order valence-corrected chi connectivity index (χ0v) is 10.3. The van der Waals surface area contributed by atoms with E-state index in [0.717, 1.165) is 31.9 Å². The molecule has 17 heavy (non-hydrogen) atoms. The molecule has 1 aliphatic rings. The van der Waals surface area contributed by atoms with Crippen molar-refractivity contribution < 1.29 is 9.53 Å². The lowest BCUT2D eigenvalue weighted by molar-refractivity contribution is 0.0820. The van der Waals surface area contributed by atoms with Gasteiger partial charge in [0.25, 0.3) is 0 Å². The summed E-state index contributed by atoms with van der Waals surface area (Å²) in [5.41, 5.74) is 0.660. The van der Waals surface area contributed by atoms with Crippen LogP contribution in [0.15, 0.2) is 18.3 Å². The molecule has 1 aromatic rings. The van der Waals surface area contributed by atoms with Gasteiger partial charge in [-0.05, 0) is 32.4 Å². The third-order valence-electron chi connectivity index (χ3n) is 2.93. The molecule has 0 aliphatic carbocycles. The summed E-state index contributed by atoms with van der Waals surface area (Å²) in [5, 5.41) is 0. The van der Waals surface area contributed by atoms with Crippen molar-refractivity contribution in [3.63, 3.8) is 0 Å². The first-order valence-corrected chi connectivity index (χ1v) is 6.00. The molecule has 0 spiro atoms. The van der Waals surface area contributed by atoms with Crippen LogP contribution in [0.3, 0.4) is 0 Å². The lowest BCUT2D eigenvalue weighted by atomic mass is 10.2. The number of ether oxygens (including phenoxy) is 1. The Labute approximate surface area is 102 Å². The quantitative estimate of drug-likeness (QED) is 0.733. The van der Waals surface area contributed by atoms with Crippen LogP contribution in [0.5, 0.6) is 0 Å². The number of carbonyl (C=O) groups excluding carboxylic acids is 1. The predicted octanol–water partition coefficient (Wildman–Crippen LogP) is 1.90. The number of nitrogens with zero attached hydrogens (tertiary/aromatic N) is 2. The summed E-state index contributed by atoms with van der Waals surface area (Å²) in [6.45, 7) is 6.24. The van der Waals surface area contributed by atoms with E-state index >= 15 is 0 Å². The summed E-state index contributed by atoms with van der Waals surface area (Å²) in [6.07, 6.45) is 2.89. The Morgan fingerprint density at radius 1 is 1.53 bits per heavy atom. The normalized spacial score (nSPS) is 21.1. The van der Waals surface area contributed by atoms with E-state index in [1.54, 1.807) is 13.1 Å². The number of ketones is 1. The van der Waals surface area contributed by atoms with Crippen LogP contribution in [0.4, 0.5) is 5.82 Å². The summed E-state index contributed by atoms with van der Waals surface area (Å²) >= 11 is 0. The van der Waals surface area contributed by atoms with E-state index in [1.165, 1.54) is 0 Å². The highest BCUT2D eigenvalue weighted by atomic mass is 16.5. The molecular formula is C13H18N2O2. The Kier molecular flexibility index (Phi) is 3.74. The van der Waals surface area contributed by atoms with Crippen molar-refractivity contribution in [1.29, 1.82) is 0 Å². The van der Waals surface area contributed by atoms with Gasteiger partial charge in [-0.2, -0.15) is 0 Å². The average Bonchev–Trinajstić information content (AvgIpc) is 2.54. The van der Waals surface area contributed by atoms with Gasteiger partial charge < -0.3 is 9.64 Å². The average molecular weight is 234 g/mol. The van der Waals surface area contributed by atoms with Crippen LogP contribution < -0.4 is 4.90 Å². The van der Waals surface area contributed by atoms with Gasteiger partial charge in [-0.25, -0.2) is 4.98 Å². The number of hydrogen-bond acceptors (Lipinski definition) is 4. The van der Waals surface area contributed by atoms with Gasteiger partial charge in [0.15, 0.2) is 5.78 Å². The molecule has 92 valence electrons. The van der Waals surface area contributed by atoms with Gasteiger partial charge in [-0.1, -0.05) is 0 Å². The number of carbonyl (C=O) groups is 1. The third kappa shape index (κ3) is 3.03. The van der Waals surface area contributed by atoms with E-state index in [-0.39, 0.29) is 11.9 Å². The maximum absolute atomic E-state index is 11.2. The lowest BCUT2D eigenvalue weighted by Crippen LogP contribution is -2.30. The number of hydrogen-bond donors (Lipinski definition) is 0. The molecule has 0 aromatic carbocycles. The SMILES string of the molecule is CC(=O)c1ccc(N2CCCOC(C)C2)nc1. The summed E-state index contributed by atoms with van der Waals surface area (Å²) in [4.78, 5) is 17.7. The van der Waals surface area contributed by atoms with Crippen LogP contribution in [0.2, 0.25) is 0 Å². The smallest absolute Gasteiger partial charge is 0.161 e. The second-order valence-corrected chi connectivity index (χ2v) is 4.44. The lowest BCUT2D eigenvalue weighted by Gasteiger charge is -2.23. The van der Waals surface area contributed by atoms with Crippen LogP contribution in [0, 0.1) is 0 Å². The summed E-state index contributed by atoms with van der Waals surface area (Å²) in [5.74, 6) is 0.976. The minimum Gasteiger partial charge on any atom is -0.377 e. The van der Waals surface area contributed by atoms with Gasteiger partial charge in [-0.3, -0.25) is 4.79 Å². The molecule has 2 heterocycles. The first-order chi connectivity index (χ1) is 8.16. The van der Waals surface area contributed by atoms with E-state index in [1.807, 2.05) is 12.1 Å². The third-order valence-corrected chi connectivity index (χ3v) is 2.93. The first kappa shape index (κ1) is 12.0.